The lowest BCUT2D eigenvalue weighted by molar-refractivity contribution is -0.141. The summed E-state index contributed by atoms with van der Waals surface area (Å²) in [4.78, 5) is 25.2. The van der Waals surface area contributed by atoms with Crippen molar-refractivity contribution >= 4 is 11.9 Å². The van der Waals surface area contributed by atoms with Gasteiger partial charge in [-0.25, -0.2) is 0 Å². The van der Waals surface area contributed by atoms with E-state index >= 15 is 0 Å². The number of amides is 1. The van der Waals surface area contributed by atoms with Crippen molar-refractivity contribution in [2.45, 2.75) is 25.5 Å². The number of hydrogen-bond donors (Lipinski definition) is 2. The molecule has 0 bridgehead atoms. The topological polar surface area (TPSA) is 88.1 Å². The molecular weight excluding hydrogens is 312 g/mol. The summed E-state index contributed by atoms with van der Waals surface area (Å²) in [5.41, 5.74) is 0. The number of hydrogen-bond acceptors (Lipinski definition) is 5. The Labute approximate surface area is 140 Å². The highest BCUT2D eigenvalue weighted by molar-refractivity contribution is 5.81. The third-order valence-electron chi connectivity index (χ3n) is 4.57. The fraction of sp³-hybridized carbons (Fsp3) is 0.529. The van der Waals surface area contributed by atoms with E-state index in [9.17, 15) is 9.59 Å². The molecule has 0 aliphatic carbocycles. The Bertz CT molecular complexity index is 621. The molecular formula is C17H22N2O5. The molecule has 2 N–H and O–H groups in total. The molecule has 0 spiro atoms. The first kappa shape index (κ1) is 16.6. The second-order valence-electron chi connectivity index (χ2n) is 6.24. The number of carbonyl (C=O) groups is 2. The number of likely N-dealkylation sites (tertiary alicyclic amines) is 1. The third kappa shape index (κ3) is 3.62. The summed E-state index contributed by atoms with van der Waals surface area (Å²) in [6, 6.07) is 7.08. The van der Waals surface area contributed by atoms with Gasteiger partial charge in [-0.2, -0.15) is 0 Å². The summed E-state index contributed by atoms with van der Waals surface area (Å²) < 4.78 is 11.4. The van der Waals surface area contributed by atoms with E-state index in [2.05, 4.69) is 5.32 Å². The van der Waals surface area contributed by atoms with E-state index in [0.717, 1.165) is 0 Å². The first-order chi connectivity index (χ1) is 11.5. The van der Waals surface area contributed by atoms with Crippen LogP contribution >= 0.6 is 0 Å². The zero-order valence-electron chi connectivity index (χ0n) is 13.6. The summed E-state index contributed by atoms with van der Waals surface area (Å²) >= 11 is 0. The van der Waals surface area contributed by atoms with Crippen molar-refractivity contribution in [3.8, 4) is 11.5 Å². The van der Waals surface area contributed by atoms with Crippen molar-refractivity contribution in [2.75, 3.05) is 26.2 Å². The van der Waals surface area contributed by atoms with Crippen LogP contribution in [0.15, 0.2) is 24.3 Å². The first-order valence-corrected chi connectivity index (χ1v) is 8.17. The number of nitrogens with zero attached hydrogens (tertiary/aromatic N) is 1. The fourth-order valence-corrected chi connectivity index (χ4v) is 3.03. The zero-order chi connectivity index (χ0) is 17.1. The van der Waals surface area contributed by atoms with Gasteiger partial charge in [0.1, 0.15) is 12.7 Å². The van der Waals surface area contributed by atoms with E-state index in [1.165, 1.54) is 0 Å². The maximum Gasteiger partial charge on any atom is 0.307 e. The van der Waals surface area contributed by atoms with Crippen molar-refractivity contribution in [1.29, 1.82) is 0 Å². The fourth-order valence-electron chi connectivity index (χ4n) is 3.03. The Hall–Kier alpha value is -2.28. The first-order valence-electron chi connectivity index (χ1n) is 8.17. The second kappa shape index (κ2) is 7.09. The minimum atomic E-state index is -0.795. The molecule has 3 unspecified atom stereocenters. The summed E-state index contributed by atoms with van der Waals surface area (Å²) in [6.07, 6.45) is 0.352. The number of carboxylic acids is 1. The van der Waals surface area contributed by atoms with E-state index in [1.54, 1.807) is 6.92 Å². The Balaban J connectivity index is 1.47. The number of rotatable bonds is 5. The molecule has 1 fully saturated rings. The lowest BCUT2D eigenvalue weighted by atomic mass is 10.1. The number of ether oxygens (including phenoxy) is 2. The lowest BCUT2D eigenvalue weighted by Gasteiger charge is -2.28. The Kier molecular flexibility index (Phi) is 4.89. The largest absolute Gasteiger partial charge is 0.486 e. The molecule has 0 radical (unpaired) electrons. The smallest absolute Gasteiger partial charge is 0.307 e. The summed E-state index contributed by atoms with van der Waals surface area (Å²) in [7, 11) is 0. The van der Waals surface area contributed by atoms with Crippen LogP contribution in [0.5, 0.6) is 11.5 Å². The molecule has 130 valence electrons. The molecule has 3 atom stereocenters. The van der Waals surface area contributed by atoms with Crippen LogP contribution in [0, 0.1) is 5.92 Å². The highest BCUT2D eigenvalue weighted by atomic mass is 16.6. The minimum Gasteiger partial charge on any atom is -0.486 e. The van der Waals surface area contributed by atoms with Gasteiger partial charge in [0.25, 0.3) is 0 Å². The van der Waals surface area contributed by atoms with Crippen LogP contribution < -0.4 is 14.8 Å². The molecule has 7 heteroatoms. The average molecular weight is 334 g/mol. The van der Waals surface area contributed by atoms with Crippen LogP contribution in [0.25, 0.3) is 0 Å². The van der Waals surface area contributed by atoms with Gasteiger partial charge in [-0.15, -0.1) is 0 Å². The molecule has 2 aliphatic rings. The number of fused-ring (bicyclic) bond motifs is 1. The molecule has 2 aliphatic heterocycles. The van der Waals surface area contributed by atoms with E-state index in [1.807, 2.05) is 29.2 Å². The maximum atomic E-state index is 12.3. The van der Waals surface area contributed by atoms with Crippen molar-refractivity contribution in [2.24, 2.45) is 5.92 Å². The molecule has 1 saturated heterocycles. The van der Waals surface area contributed by atoms with Gasteiger partial charge < -0.3 is 19.9 Å². The molecule has 0 saturated carbocycles. The monoisotopic (exact) mass is 334 g/mol. The number of para-hydroxylation sites is 2. The SMILES string of the molecule is CC(C(=O)NCC1COc2ccccc2O1)N1CCC(C(=O)O)C1. The number of carbonyl (C=O) groups excluding carboxylic acids is 1. The average Bonchev–Trinajstić information content (AvgIpc) is 3.09. The second-order valence-corrected chi connectivity index (χ2v) is 6.24. The zero-order valence-corrected chi connectivity index (χ0v) is 13.6. The van der Waals surface area contributed by atoms with Crippen molar-refractivity contribution < 1.29 is 24.2 Å². The van der Waals surface area contributed by atoms with E-state index in [-0.39, 0.29) is 24.0 Å². The number of carboxylic acid groups (broad SMARTS) is 1. The maximum absolute atomic E-state index is 12.3. The third-order valence-corrected chi connectivity index (χ3v) is 4.57. The number of aliphatic carboxylic acids is 1. The van der Waals surface area contributed by atoms with Crippen LogP contribution in [-0.2, 0) is 9.59 Å². The van der Waals surface area contributed by atoms with Crippen LogP contribution in [0.2, 0.25) is 0 Å². The van der Waals surface area contributed by atoms with Gasteiger partial charge in [0, 0.05) is 6.54 Å². The standard InChI is InChI=1S/C17H22N2O5/c1-11(19-7-6-12(9-19)17(21)22)16(20)18-8-13-10-23-14-4-2-3-5-15(14)24-13/h2-5,11-13H,6-10H2,1H3,(H,18,20)(H,21,22). The predicted molar refractivity (Wildman–Crippen MR) is 86.1 cm³/mol. The van der Waals surface area contributed by atoms with E-state index < -0.39 is 5.97 Å². The van der Waals surface area contributed by atoms with E-state index in [4.69, 9.17) is 14.6 Å². The van der Waals surface area contributed by atoms with Gasteiger partial charge in [-0.05, 0) is 32.0 Å². The van der Waals surface area contributed by atoms with Crippen molar-refractivity contribution in [3.05, 3.63) is 24.3 Å². The number of nitrogens with one attached hydrogen (secondary N) is 1. The number of benzene rings is 1. The molecule has 3 rings (SSSR count). The van der Waals surface area contributed by atoms with Crippen molar-refractivity contribution in [1.82, 2.24) is 10.2 Å². The highest BCUT2D eigenvalue weighted by Gasteiger charge is 2.33. The van der Waals surface area contributed by atoms with Crippen LogP contribution in [0.3, 0.4) is 0 Å². The molecule has 1 aromatic carbocycles. The summed E-state index contributed by atoms with van der Waals surface area (Å²) in [5.74, 6) is 0.0944. The lowest BCUT2D eigenvalue weighted by Crippen LogP contribution is -2.48. The molecule has 24 heavy (non-hydrogen) atoms. The van der Waals surface area contributed by atoms with Crippen LogP contribution in [0.4, 0.5) is 0 Å². The van der Waals surface area contributed by atoms with Gasteiger partial charge in [0.15, 0.2) is 11.5 Å². The quantitative estimate of drug-likeness (QED) is 0.826. The van der Waals surface area contributed by atoms with Crippen molar-refractivity contribution in [3.63, 3.8) is 0 Å². The van der Waals surface area contributed by atoms with E-state index in [0.29, 0.717) is 44.2 Å². The molecule has 0 aromatic heterocycles. The summed E-state index contributed by atoms with van der Waals surface area (Å²) in [5, 5.41) is 11.9. The highest BCUT2D eigenvalue weighted by Crippen LogP contribution is 2.30. The minimum absolute atomic E-state index is 0.122. The van der Waals surface area contributed by atoms with Gasteiger partial charge in [-0.1, -0.05) is 12.1 Å². The van der Waals surface area contributed by atoms with Gasteiger partial charge >= 0.3 is 5.97 Å². The molecule has 1 aromatic rings. The Morgan fingerprint density at radius 2 is 2.12 bits per heavy atom. The van der Waals surface area contributed by atoms with Crippen LogP contribution in [0.1, 0.15) is 13.3 Å². The van der Waals surface area contributed by atoms with Gasteiger partial charge in [0.05, 0.1) is 18.5 Å². The van der Waals surface area contributed by atoms with Gasteiger partial charge in [-0.3, -0.25) is 14.5 Å². The van der Waals surface area contributed by atoms with Crippen LogP contribution in [-0.4, -0.2) is 60.3 Å². The Morgan fingerprint density at radius 3 is 2.83 bits per heavy atom. The molecule has 7 nitrogen and oxygen atoms in total. The molecule has 2 heterocycles. The normalized spacial score (nSPS) is 24.4. The van der Waals surface area contributed by atoms with Gasteiger partial charge in [0.2, 0.25) is 5.91 Å². The molecule has 1 amide bonds. The summed E-state index contributed by atoms with van der Waals surface area (Å²) in [6.45, 7) is 3.58. The Morgan fingerprint density at radius 1 is 1.38 bits per heavy atom. The predicted octanol–water partition coefficient (Wildman–Crippen LogP) is 0.738.